The van der Waals surface area contributed by atoms with Gasteiger partial charge in [0, 0.05) is 17.5 Å². The summed E-state index contributed by atoms with van der Waals surface area (Å²) >= 11 is 0. The van der Waals surface area contributed by atoms with Crippen LogP contribution in [0.15, 0.2) is 84.9 Å². The van der Waals surface area contributed by atoms with Gasteiger partial charge in [-0.15, -0.1) is 0 Å². The Hall–Kier alpha value is -5.03. The Labute approximate surface area is 206 Å². The molecule has 1 aliphatic carbocycles. The summed E-state index contributed by atoms with van der Waals surface area (Å²) in [6.45, 7) is 0. The van der Waals surface area contributed by atoms with Gasteiger partial charge in [-0.1, -0.05) is 72.8 Å². The fraction of sp³-hybridized carbons (Fsp3) is 0.107. The minimum atomic E-state index is -1.76. The van der Waals surface area contributed by atoms with Crippen molar-refractivity contribution in [1.82, 2.24) is 15.1 Å². The summed E-state index contributed by atoms with van der Waals surface area (Å²) in [6.07, 6.45) is 0.431. The van der Waals surface area contributed by atoms with E-state index >= 15 is 0 Å². The molecule has 0 saturated carbocycles. The van der Waals surface area contributed by atoms with Gasteiger partial charge in [-0.25, -0.2) is 9.48 Å². The van der Waals surface area contributed by atoms with Crippen LogP contribution >= 0.6 is 0 Å². The molecule has 176 valence electrons. The van der Waals surface area contributed by atoms with Gasteiger partial charge < -0.3 is 10.4 Å². The van der Waals surface area contributed by atoms with Crippen molar-refractivity contribution >= 4 is 17.7 Å². The van der Waals surface area contributed by atoms with E-state index in [9.17, 15) is 24.8 Å². The maximum Gasteiger partial charge on any atom is 0.330 e. The van der Waals surface area contributed by atoms with Crippen LogP contribution in [0.2, 0.25) is 0 Å². The van der Waals surface area contributed by atoms with E-state index in [-0.39, 0.29) is 5.69 Å². The predicted octanol–water partition coefficient (Wildman–Crippen LogP) is 3.71. The van der Waals surface area contributed by atoms with Gasteiger partial charge in [0.25, 0.3) is 0 Å². The second-order valence-corrected chi connectivity index (χ2v) is 8.37. The Morgan fingerprint density at radius 3 is 2.25 bits per heavy atom. The van der Waals surface area contributed by atoms with Gasteiger partial charge >= 0.3 is 5.97 Å². The quantitative estimate of drug-likeness (QED) is 0.273. The van der Waals surface area contributed by atoms with Crippen molar-refractivity contribution in [3.63, 3.8) is 0 Å². The van der Waals surface area contributed by atoms with Crippen LogP contribution < -0.4 is 5.32 Å². The average Bonchev–Trinajstić information content (AvgIpc) is 3.46. The summed E-state index contributed by atoms with van der Waals surface area (Å²) in [5, 5.41) is 26.3. The molecule has 4 aromatic rings. The van der Waals surface area contributed by atoms with E-state index in [1.165, 1.54) is 0 Å². The highest BCUT2D eigenvalue weighted by molar-refractivity contribution is 6.13. The predicted molar refractivity (Wildman–Crippen MR) is 130 cm³/mol. The minimum absolute atomic E-state index is 0.0262. The topological polar surface area (TPSA) is 125 Å². The number of carboxylic acid groups (broad SMARTS) is 1. The van der Waals surface area contributed by atoms with Gasteiger partial charge in [0.05, 0.1) is 17.5 Å². The third kappa shape index (κ3) is 3.93. The molecule has 2 atom stereocenters. The highest BCUT2D eigenvalue weighted by Crippen LogP contribution is 2.40. The second-order valence-electron chi connectivity index (χ2n) is 8.37. The number of nitrogens with one attached hydrogen (secondary N) is 1. The van der Waals surface area contributed by atoms with Crippen molar-refractivity contribution in [1.29, 1.82) is 5.26 Å². The van der Waals surface area contributed by atoms with Gasteiger partial charge in [0.15, 0.2) is 12.0 Å². The number of Topliss-reactive ketones (excluding diaryl/α,β-unsaturated/α-hetero) is 1. The number of fused-ring (bicyclic) bond motifs is 3. The summed E-state index contributed by atoms with van der Waals surface area (Å²) in [5.74, 6) is -4.82. The number of hydrogen-bond donors (Lipinski definition) is 2. The summed E-state index contributed by atoms with van der Waals surface area (Å²) < 4.78 is 1.66. The smallest absolute Gasteiger partial charge is 0.330 e. The lowest BCUT2D eigenvalue weighted by Gasteiger charge is -2.16. The van der Waals surface area contributed by atoms with Gasteiger partial charge in [0.2, 0.25) is 11.7 Å². The Bertz CT molecular complexity index is 1520. The zero-order valence-corrected chi connectivity index (χ0v) is 19.0. The lowest BCUT2D eigenvalue weighted by atomic mass is 9.97. The Morgan fingerprint density at radius 2 is 1.58 bits per heavy atom. The largest absolute Gasteiger partial charge is 0.479 e. The maximum absolute atomic E-state index is 13.6. The van der Waals surface area contributed by atoms with E-state index in [0.717, 1.165) is 22.5 Å². The lowest BCUT2D eigenvalue weighted by molar-refractivity contribution is -0.142. The van der Waals surface area contributed by atoms with Crippen molar-refractivity contribution in [2.75, 3.05) is 0 Å². The van der Waals surface area contributed by atoms with E-state index in [4.69, 9.17) is 0 Å². The molecule has 0 radical (unpaired) electrons. The number of para-hydroxylation sites is 1. The number of aliphatic carboxylic acids is 1. The maximum atomic E-state index is 13.6. The van der Waals surface area contributed by atoms with Gasteiger partial charge in [-0.05, 0) is 23.3 Å². The highest BCUT2D eigenvalue weighted by Gasteiger charge is 2.37. The number of rotatable bonds is 7. The lowest BCUT2D eigenvalue weighted by Crippen LogP contribution is -2.40. The van der Waals surface area contributed by atoms with E-state index in [1.54, 1.807) is 41.1 Å². The van der Waals surface area contributed by atoms with Crippen LogP contribution in [0.1, 0.15) is 33.2 Å². The van der Waals surface area contributed by atoms with Crippen molar-refractivity contribution in [2.24, 2.45) is 5.92 Å². The number of hydrogen-bond acceptors (Lipinski definition) is 5. The third-order valence-electron chi connectivity index (χ3n) is 6.18. The molecule has 5 rings (SSSR count). The number of nitriles is 1. The molecule has 0 saturated heterocycles. The molecular formula is C28H20N4O4. The zero-order chi connectivity index (χ0) is 25.2. The highest BCUT2D eigenvalue weighted by atomic mass is 16.4. The van der Waals surface area contributed by atoms with Crippen LogP contribution in [0.25, 0.3) is 16.9 Å². The third-order valence-corrected chi connectivity index (χ3v) is 6.18. The number of aromatic nitrogens is 2. The molecule has 2 N–H and O–H groups in total. The van der Waals surface area contributed by atoms with Crippen molar-refractivity contribution in [2.45, 2.75) is 12.5 Å². The number of ketones is 1. The van der Waals surface area contributed by atoms with Crippen LogP contribution in [0.5, 0.6) is 0 Å². The number of carbonyl (C=O) groups is 3. The number of carboxylic acids is 1. The molecule has 0 fully saturated rings. The van der Waals surface area contributed by atoms with Gasteiger partial charge in [-0.2, -0.15) is 10.4 Å². The molecule has 8 nitrogen and oxygen atoms in total. The van der Waals surface area contributed by atoms with E-state index in [2.05, 4.69) is 10.4 Å². The van der Waals surface area contributed by atoms with Gasteiger partial charge in [-0.3, -0.25) is 9.59 Å². The van der Waals surface area contributed by atoms with Crippen LogP contribution in [0.3, 0.4) is 0 Å². The van der Waals surface area contributed by atoms with Gasteiger partial charge in [0.1, 0.15) is 5.69 Å². The summed E-state index contributed by atoms with van der Waals surface area (Å²) in [7, 11) is 0. The molecule has 0 spiro atoms. The molecule has 36 heavy (non-hydrogen) atoms. The monoisotopic (exact) mass is 476 g/mol. The van der Waals surface area contributed by atoms with Crippen LogP contribution in [0.4, 0.5) is 0 Å². The number of benzene rings is 3. The average molecular weight is 476 g/mol. The molecule has 2 unspecified atom stereocenters. The number of amides is 1. The van der Waals surface area contributed by atoms with E-state index in [0.29, 0.717) is 17.5 Å². The molecule has 1 heterocycles. The fourth-order valence-electron chi connectivity index (χ4n) is 4.48. The van der Waals surface area contributed by atoms with E-state index in [1.807, 2.05) is 54.6 Å². The Balaban J connectivity index is 1.52. The van der Waals surface area contributed by atoms with Crippen molar-refractivity contribution in [3.05, 3.63) is 107 Å². The van der Waals surface area contributed by atoms with E-state index < -0.39 is 29.6 Å². The number of nitrogens with zero attached hydrogens (tertiary/aromatic N) is 3. The van der Waals surface area contributed by atoms with Crippen LogP contribution in [-0.2, 0) is 16.0 Å². The molecule has 8 heteroatoms. The summed E-state index contributed by atoms with van der Waals surface area (Å²) in [4.78, 5) is 38.4. The Morgan fingerprint density at radius 1 is 0.944 bits per heavy atom. The molecule has 1 aromatic heterocycles. The molecule has 0 bridgehead atoms. The molecule has 1 amide bonds. The first-order valence-electron chi connectivity index (χ1n) is 11.3. The molecule has 1 aliphatic rings. The molecular weight excluding hydrogens is 456 g/mol. The second kappa shape index (κ2) is 9.31. The first-order valence-corrected chi connectivity index (χ1v) is 11.3. The molecule has 0 aliphatic heterocycles. The summed E-state index contributed by atoms with van der Waals surface area (Å²) in [6, 6.07) is 25.5. The van der Waals surface area contributed by atoms with Crippen molar-refractivity contribution < 1.29 is 19.5 Å². The standard InChI is InChI=1S/C28H20N4O4/c29-16-22(27(34)30-23(28(35)36)17-9-3-1-4-10-17)26(33)24-21-15-18-11-7-8-14-20(18)25(21)32(31-24)19-12-5-2-6-13-19/h1-14,22-23H,15H2,(H,30,34)(H,35,36). The first-order chi connectivity index (χ1) is 17.5. The molecule has 3 aromatic carbocycles. The zero-order valence-electron chi connectivity index (χ0n) is 19.0. The number of carbonyl (C=O) groups excluding carboxylic acids is 2. The summed E-state index contributed by atoms with van der Waals surface area (Å²) in [5.41, 5.74) is 4.40. The SMILES string of the molecule is N#CC(C(=O)NC(C(=O)O)c1ccccc1)C(=O)c1nn(-c2ccccc2)c2c1Cc1ccccc1-2. The normalized spacial score (nSPS) is 13.1. The Kier molecular flexibility index (Phi) is 5.88. The first kappa shape index (κ1) is 22.7. The minimum Gasteiger partial charge on any atom is -0.479 e. The van der Waals surface area contributed by atoms with Crippen molar-refractivity contribution in [3.8, 4) is 23.0 Å². The van der Waals surface area contributed by atoms with Crippen LogP contribution in [0, 0.1) is 17.2 Å². The fourth-order valence-corrected chi connectivity index (χ4v) is 4.48. The van der Waals surface area contributed by atoms with Crippen LogP contribution in [-0.4, -0.2) is 32.5 Å².